The number of alkyl halides is 6. The minimum absolute atomic E-state index is 0.00640. The summed E-state index contributed by atoms with van der Waals surface area (Å²) in [7, 11) is 0. The van der Waals surface area contributed by atoms with Gasteiger partial charge in [-0.25, -0.2) is 4.39 Å². The van der Waals surface area contributed by atoms with Crippen molar-refractivity contribution in [1.82, 2.24) is 14.7 Å². The molecule has 4 rings (SSSR count). The number of carbonyl (C=O) groups is 1. The zero-order valence-electron chi connectivity index (χ0n) is 23.7. The van der Waals surface area contributed by atoms with Gasteiger partial charge in [-0.1, -0.05) is 17.9 Å². The van der Waals surface area contributed by atoms with Crippen LogP contribution in [-0.4, -0.2) is 89.8 Å². The monoisotopic (exact) mass is 615 g/mol. The molecule has 43 heavy (non-hydrogen) atoms. The summed E-state index contributed by atoms with van der Waals surface area (Å²) >= 11 is 0. The Bertz CT molecular complexity index is 1350. The highest BCUT2D eigenvalue weighted by Gasteiger charge is 2.39. The predicted octanol–water partition coefficient (Wildman–Crippen LogP) is 5.05. The van der Waals surface area contributed by atoms with Crippen LogP contribution in [0.3, 0.4) is 0 Å². The normalized spacial score (nSPS) is 20.0. The van der Waals surface area contributed by atoms with E-state index in [0.29, 0.717) is 44.0 Å². The maximum Gasteiger partial charge on any atom is 0.416 e. The molecule has 2 saturated heterocycles. The van der Waals surface area contributed by atoms with E-state index in [9.17, 15) is 40.6 Å². The average molecular weight is 616 g/mol. The van der Waals surface area contributed by atoms with Gasteiger partial charge in [-0.15, -0.1) is 0 Å². The van der Waals surface area contributed by atoms with Gasteiger partial charge in [0.05, 0.1) is 37.4 Å². The van der Waals surface area contributed by atoms with Crippen molar-refractivity contribution in [2.45, 2.75) is 44.2 Å². The van der Waals surface area contributed by atoms with Gasteiger partial charge in [-0.3, -0.25) is 14.6 Å². The summed E-state index contributed by atoms with van der Waals surface area (Å²) in [5.41, 5.74) is -3.63. The molecule has 1 amide bonds. The number of phenols is 1. The molecule has 13 heteroatoms. The summed E-state index contributed by atoms with van der Waals surface area (Å²) in [5.74, 6) is 3.80. The van der Waals surface area contributed by atoms with Crippen molar-refractivity contribution in [2.24, 2.45) is 0 Å². The van der Waals surface area contributed by atoms with Crippen molar-refractivity contribution >= 4 is 5.91 Å². The molecule has 1 N–H and O–H groups in total. The van der Waals surface area contributed by atoms with Crippen LogP contribution in [0, 0.1) is 17.7 Å². The molecule has 2 aliphatic rings. The van der Waals surface area contributed by atoms with E-state index >= 15 is 0 Å². The van der Waals surface area contributed by atoms with E-state index in [1.807, 2.05) is 4.90 Å². The molecular weight excluding hydrogens is 583 g/mol. The van der Waals surface area contributed by atoms with Crippen LogP contribution in [0.5, 0.6) is 5.75 Å². The quantitative estimate of drug-likeness (QED) is 0.377. The molecule has 0 aromatic heterocycles. The first-order valence-electron chi connectivity index (χ1n) is 13.6. The summed E-state index contributed by atoms with van der Waals surface area (Å²) < 4.78 is 99.9. The zero-order valence-corrected chi connectivity index (χ0v) is 23.7. The number of rotatable bonds is 5. The van der Waals surface area contributed by atoms with E-state index in [4.69, 9.17) is 4.74 Å². The van der Waals surface area contributed by atoms with Gasteiger partial charge in [0.2, 0.25) is 0 Å². The number of phenolic OH excluding ortho intramolecular Hbond substituents is 1. The Kier molecular flexibility index (Phi) is 9.63. The van der Waals surface area contributed by atoms with Crippen LogP contribution in [-0.2, 0) is 23.5 Å². The first-order valence-corrected chi connectivity index (χ1v) is 13.6. The Hall–Kier alpha value is -3.34. The lowest BCUT2D eigenvalue weighted by Crippen LogP contribution is -2.56. The molecule has 0 radical (unpaired) electrons. The molecule has 2 aliphatic heterocycles. The number of hydrogen-bond donors (Lipinski definition) is 1. The molecule has 0 spiro atoms. The molecule has 2 heterocycles. The molecule has 6 nitrogen and oxygen atoms in total. The van der Waals surface area contributed by atoms with Crippen molar-refractivity contribution in [1.29, 1.82) is 0 Å². The predicted molar refractivity (Wildman–Crippen MR) is 144 cm³/mol. The SMILES string of the molecule is CC1(C)COCCN1CC#CCN1CCN(C(=O)c2cc(C(F)(F)F)cc(C(F)(F)F)c2)[C@H](Cc2ccc(F)c(O)c2)C1. The smallest absolute Gasteiger partial charge is 0.416 e. The van der Waals surface area contributed by atoms with Gasteiger partial charge in [0.15, 0.2) is 11.6 Å². The van der Waals surface area contributed by atoms with E-state index < -0.39 is 52.6 Å². The van der Waals surface area contributed by atoms with Crippen molar-refractivity contribution in [3.8, 4) is 17.6 Å². The van der Waals surface area contributed by atoms with E-state index in [0.717, 1.165) is 12.6 Å². The van der Waals surface area contributed by atoms with Crippen LogP contribution in [0.1, 0.15) is 40.9 Å². The minimum Gasteiger partial charge on any atom is -0.505 e. The fourth-order valence-electron chi connectivity index (χ4n) is 5.21. The summed E-state index contributed by atoms with van der Waals surface area (Å²) in [6.07, 6.45) is -10.1. The van der Waals surface area contributed by atoms with Gasteiger partial charge in [0, 0.05) is 43.3 Å². The molecular formula is C30H32F7N3O3. The lowest BCUT2D eigenvalue weighted by molar-refractivity contribution is -0.143. The summed E-state index contributed by atoms with van der Waals surface area (Å²) in [4.78, 5) is 18.9. The average Bonchev–Trinajstić information content (AvgIpc) is 2.92. The molecule has 2 aromatic rings. The summed E-state index contributed by atoms with van der Waals surface area (Å²) in [6.45, 7) is 7.37. The number of benzene rings is 2. The second-order valence-electron chi connectivity index (χ2n) is 11.3. The van der Waals surface area contributed by atoms with Gasteiger partial charge in [-0.2, -0.15) is 26.3 Å². The van der Waals surface area contributed by atoms with Gasteiger partial charge >= 0.3 is 12.4 Å². The number of carbonyl (C=O) groups excluding carboxylic acids is 1. The van der Waals surface area contributed by atoms with Crippen molar-refractivity contribution in [3.63, 3.8) is 0 Å². The van der Waals surface area contributed by atoms with Gasteiger partial charge in [-0.05, 0) is 56.2 Å². The van der Waals surface area contributed by atoms with Crippen molar-refractivity contribution in [2.75, 3.05) is 52.5 Å². The zero-order chi connectivity index (χ0) is 31.6. The third-order valence-electron chi connectivity index (χ3n) is 7.66. The second-order valence-corrected chi connectivity index (χ2v) is 11.3. The Morgan fingerprint density at radius 3 is 2.23 bits per heavy atom. The Morgan fingerprint density at radius 2 is 1.63 bits per heavy atom. The van der Waals surface area contributed by atoms with E-state index in [2.05, 4.69) is 30.6 Å². The lowest BCUT2D eigenvalue weighted by Gasteiger charge is -2.41. The standard InChI is InChI=1S/C30H32F7N3O3/c1-28(2)19-43-12-11-39(28)8-4-3-7-38-9-10-40(24(18-38)13-20-5-6-25(31)26(41)14-20)27(42)21-15-22(29(32,33)34)17-23(16-21)30(35,36)37/h5-6,14-17,24,41H,7-13,18-19H2,1-2H3/t24-/m1/s1. The summed E-state index contributed by atoms with van der Waals surface area (Å²) in [5, 5.41) is 9.83. The maximum absolute atomic E-state index is 13.7. The van der Waals surface area contributed by atoms with E-state index in [1.54, 1.807) is 0 Å². The first kappa shape index (κ1) is 32.6. The number of aromatic hydroxyl groups is 1. The van der Waals surface area contributed by atoms with Gasteiger partial charge < -0.3 is 14.7 Å². The lowest BCUT2D eigenvalue weighted by atomic mass is 9.99. The maximum atomic E-state index is 13.7. The third kappa shape index (κ3) is 8.19. The molecule has 0 saturated carbocycles. The molecule has 0 aliphatic carbocycles. The van der Waals surface area contributed by atoms with Crippen LogP contribution in [0.4, 0.5) is 30.7 Å². The number of halogens is 7. The van der Waals surface area contributed by atoms with Crippen LogP contribution in [0.25, 0.3) is 0 Å². The highest BCUT2D eigenvalue weighted by molar-refractivity contribution is 5.95. The molecule has 1 atom stereocenters. The molecule has 2 fully saturated rings. The number of nitrogens with zero attached hydrogens (tertiary/aromatic N) is 3. The van der Waals surface area contributed by atoms with Crippen LogP contribution in [0.2, 0.25) is 0 Å². The van der Waals surface area contributed by atoms with E-state index in [1.165, 1.54) is 17.0 Å². The summed E-state index contributed by atoms with van der Waals surface area (Å²) in [6, 6.07) is 3.71. The number of hydrogen-bond acceptors (Lipinski definition) is 5. The molecule has 0 bridgehead atoms. The highest BCUT2D eigenvalue weighted by atomic mass is 19.4. The second kappa shape index (κ2) is 12.7. The number of ether oxygens (including phenoxy) is 1. The molecule has 234 valence electrons. The molecule has 2 aromatic carbocycles. The third-order valence-corrected chi connectivity index (χ3v) is 7.66. The Morgan fingerprint density at radius 1 is 0.977 bits per heavy atom. The van der Waals surface area contributed by atoms with Crippen LogP contribution in [0.15, 0.2) is 36.4 Å². The minimum atomic E-state index is -5.10. The van der Waals surface area contributed by atoms with Crippen LogP contribution < -0.4 is 0 Å². The number of amides is 1. The first-order chi connectivity index (χ1) is 20.0. The Balaban J connectivity index is 1.56. The Labute approximate surface area is 245 Å². The topological polar surface area (TPSA) is 56.2 Å². The van der Waals surface area contributed by atoms with Crippen molar-refractivity contribution < 1.29 is 45.4 Å². The number of piperazine rings is 1. The van der Waals surface area contributed by atoms with Crippen molar-refractivity contribution in [3.05, 3.63) is 64.5 Å². The van der Waals surface area contributed by atoms with E-state index in [-0.39, 0.29) is 37.7 Å². The molecule has 0 unspecified atom stereocenters. The number of morpholine rings is 1. The fraction of sp³-hybridized carbons (Fsp3) is 0.500. The van der Waals surface area contributed by atoms with Gasteiger partial charge in [0.25, 0.3) is 5.91 Å². The largest absolute Gasteiger partial charge is 0.505 e. The highest BCUT2D eigenvalue weighted by Crippen LogP contribution is 2.37. The van der Waals surface area contributed by atoms with Gasteiger partial charge in [0.1, 0.15) is 0 Å². The fourth-order valence-corrected chi connectivity index (χ4v) is 5.21. The van der Waals surface area contributed by atoms with Crippen LogP contribution >= 0.6 is 0 Å².